The number of aliphatic carboxylic acids is 1. The van der Waals surface area contributed by atoms with Crippen molar-refractivity contribution < 1.29 is 9.90 Å². The molecule has 7 heteroatoms. The molecule has 0 spiro atoms. The number of hydrogen-bond donors (Lipinski definition) is 2. The molecule has 4 rings (SSSR count). The first-order valence-electron chi connectivity index (χ1n) is 7.71. The third-order valence-corrected chi connectivity index (χ3v) is 5.03. The van der Waals surface area contributed by atoms with Crippen molar-refractivity contribution in [1.29, 1.82) is 0 Å². The highest BCUT2D eigenvalue weighted by molar-refractivity contribution is 7.13. The lowest BCUT2D eigenvalue weighted by molar-refractivity contribution is -0.130. The number of carboxylic acid groups (broad SMARTS) is 1. The molecule has 26 heavy (non-hydrogen) atoms. The molecule has 4 aromatic rings. The number of fused-ring (bicyclic) bond motifs is 1. The molecule has 0 saturated heterocycles. The fraction of sp³-hybridized carbons (Fsp3) is 0. The number of benzene rings is 1. The zero-order chi connectivity index (χ0) is 18.1. The number of halogens is 1. The Morgan fingerprint density at radius 1 is 1.23 bits per heavy atom. The largest absolute Gasteiger partial charge is 0.478 e. The molecule has 0 bridgehead atoms. The maximum absolute atomic E-state index is 11.8. The molecule has 3 aromatic heterocycles. The van der Waals surface area contributed by atoms with Gasteiger partial charge in [-0.1, -0.05) is 23.7 Å². The number of carbonyl (C=O) groups is 1. The quantitative estimate of drug-likeness (QED) is 0.489. The molecule has 3 heterocycles. The first kappa shape index (κ1) is 16.5. The van der Waals surface area contributed by atoms with Crippen LogP contribution >= 0.6 is 22.9 Å². The zero-order valence-electron chi connectivity index (χ0n) is 13.3. The monoisotopic (exact) mass is 381 g/mol. The van der Waals surface area contributed by atoms with Crippen molar-refractivity contribution in [2.45, 2.75) is 0 Å². The van der Waals surface area contributed by atoms with Gasteiger partial charge in [0.15, 0.2) is 0 Å². The van der Waals surface area contributed by atoms with Crippen molar-refractivity contribution in [3.8, 4) is 10.6 Å². The van der Waals surface area contributed by atoms with Crippen LogP contribution in [-0.2, 0) is 4.79 Å². The van der Waals surface area contributed by atoms with E-state index in [0.717, 1.165) is 21.5 Å². The van der Waals surface area contributed by atoms with Crippen LogP contribution in [0.4, 0.5) is 0 Å². The number of nitrogens with one attached hydrogen (secondary N) is 1. The van der Waals surface area contributed by atoms with Gasteiger partial charge >= 0.3 is 5.97 Å². The van der Waals surface area contributed by atoms with Gasteiger partial charge in [-0.05, 0) is 30.3 Å². The first-order chi connectivity index (χ1) is 12.6. The summed E-state index contributed by atoms with van der Waals surface area (Å²) < 4.78 is 0. The van der Waals surface area contributed by atoms with E-state index in [1.54, 1.807) is 36.0 Å². The van der Waals surface area contributed by atoms with Gasteiger partial charge in [0.25, 0.3) is 0 Å². The van der Waals surface area contributed by atoms with Gasteiger partial charge in [-0.25, -0.2) is 14.8 Å². The van der Waals surface area contributed by atoms with Gasteiger partial charge in [0.1, 0.15) is 10.7 Å². The Morgan fingerprint density at radius 3 is 2.81 bits per heavy atom. The summed E-state index contributed by atoms with van der Waals surface area (Å²) in [6.45, 7) is 0. The van der Waals surface area contributed by atoms with Gasteiger partial charge in [0, 0.05) is 39.3 Å². The minimum absolute atomic E-state index is 0.131. The van der Waals surface area contributed by atoms with E-state index < -0.39 is 5.97 Å². The van der Waals surface area contributed by atoms with E-state index in [1.165, 1.54) is 11.3 Å². The van der Waals surface area contributed by atoms with Crippen LogP contribution in [0.25, 0.3) is 33.3 Å². The highest BCUT2D eigenvalue weighted by Crippen LogP contribution is 2.29. The Bertz CT molecular complexity index is 1130. The lowest BCUT2D eigenvalue weighted by Gasteiger charge is -1.99. The third-order valence-electron chi connectivity index (χ3n) is 3.88. The van der Waals surface area contributed by atoms with Crippen molar-refractivity contribution in [3.05, 3.63) is 70.5 Å². The molecule has 0 aliphatic heterocycles. The number of carboxylic acids is 1. The van der Waals surface area contributed by atoms with Crippen molar-refractivity contribution >= 4 is 51.6 Å². The Hall–Kier alpha value is -2.96. The lowest BCUT2D eigenvalue weighted by atomic mass is 10.1. The molecular formula is C19H12ClN3O2S. The molecule has 0 aliphatic carbocycles. The van der Waals surface area contributed by atoms with E-state index in [-0.39, 0.29) is 5.57 Å². The first-order valence-corrected chi connectivity index (χ1v) is 8.96. The summed E-state index contributed by atoms with van der Waals surface area (Å²) in [5.41, 5.74) is 2.92. The summed E-state index contributed by atoms with van der Waals surface area (Å²) in [6, 6.07) is 11.0. The standard InChI is InChI=1S/C19H12ClN3O2S/c20-13-5-3-11(4-6-13)18-23-16(10-26-18)15(19(24)25)8-12-9-22-17-14(12)2-1-7-21-17/h1-10H,(H,21,22)(H,24,25). The van der Waals surface area contributed by atoms with Crippen LogP contribution < -0.4 is 0 Å². The van der Waals surface area contributed by atoms with E-state index in [2.05, 4.69) is 15.0 Å². The van der Waals surface area contributed by atoms with Crippen LogP contribution in [0, 0.1) is 0 Å². The topological polar surface area (TPSA) is 78.9 Å². The number of aromatic amines is 1. The Labute approximate surface area is 157 Å². The average Bonchev–Trinajstić information content (AvgIpc) is 3.27. The lowest BCUT2D eigenvalue weighted by Crippen LogP contribution is -2.00. The second kappa shape index (κ2) is 6.74. The van der Waals surface area contributed by atoms with Crippen LogP contribution in [-0.4, -0.2) is 26.0 Å². The summed E-state index contributed by atoms with van der Waals surface area (Å²) in [4.78, 5) is 23.6. The van der Waals surface area contributed by atoms with Crippen molar-refractivity contribution in [3.63, 3.8) is 0 Å². The molecule has 5 nitrogen and oxygen atoms in total. The van der Waals surface area contributed by atoms with Gasteiger partial charge in [-0.2, -0.15) is 0 Å². The summed E-state index contributed by atoms with van der Waals surface area (Å²) in [5.74, 6) is -1.03. The summed E-state index contributed by atoms with van der Waals surface area (Å²) >= 11 is 7.30. The van der Waals surface area contributed by atoms with Crippen LogP contribution in [0.2, 0.25) is 5.02 Å². The van der Waals surface area contributed by atoms with Crippen molar-refractivity contribution in [2.24, 2.45) is 0 Å². The van der Waals surface area contributed by atoms with Gasteiger partial charge in [0.2, 0.25) is 0 Å². The van der Waals surface area contributed by atoms with Gasteiger partial charge in [-0.3, -0.25) is 0 Å². The molecule has 128 valence electrons. The molecule has 0 saturated carbocycles. The molecule has 0 radical (unpaired) electrons. The average molecular weight is 382 g/mol. The predicted molar refractivity (Wildman–Crippen MR) is 104 cm³/mol. The number of hydrogen-bond acceptors (Lipinski definition) is 4. The number of pyridine rings is 1. The van der Waals surface area contributed by atoms with Gasteiger partial charge in [-0.15, -0.1) is 11.3 Å². The van der Waals surface area contributed by atoms with Crippen LogP contribution in [0.3, 0.4) is 0 Å². The molecule has 1 aromatic carbocycles. The van der Waals surface area contributed by atoms with E-state index in [9.17, 15) is 9.90 Å². The molecule has 0 atom stereocenters. The summed E-state index contributed by atoms with van der Waals surface area (Å²) in [5, 5.41) is 13.7. The fourth-order valence-electron chi connectivity index (χ4n) is 2.62. The summed E-state index contributed by atoms with van der Waals surface area (Å²) in [7, 11) is 0. The van der Waals surface area contributed by atoms with Crippen molar-refractivity contribution in [2.75, 3.05) is 0 Å². The Kier molecular flexibility index (Phi) is 4.28. The molecule has 0 unspecified atom stereocenters. The van der Waals surface area contributed by atoms with E-state index in [1.807, 2.05) is 24.3 Å². The Balaban J connectivity index is 1.76. The zero-order valence-corrected chi connectivity index (χ0v) is 14.9. The maximum Gasteiger partial charge on any atom is 0.337 e. The maximum atomic E-state index is 11.8. The second-order valence-corrected chi connectivity index (χ2v) is 6.85. The number of thiazole rings is 1. The van der Waals surface area contributed by atoms with E-state index in [4.69, 9.17) is 11.6 Å². The number of rotatable bonds is 4. The predicted octanol–water partition coefficient (Wildman–Crippen LogP) is 4.97. The minimum Gasteiger partial charge on any atom is -0.478 e. The highest BCUT2D eigenvalue weighted by Gasteiger charge is 2.16. The molecule has 0 amide bonds. The van der Waals surface area contributed by atoms with Gasteiger partial charge < -0.3 is 10.1 Å². The number of H-pyrrole nitrogens is 1. The normalized spacial score (nSPS) is 11.8. The smallest absolute Gasteiger partial charge is 0.337 e. The second-order valence-electron chi connectivity index (χ2n) is 5.55. The van der Waals surface area contributed by atoms with Crippen LogP contribution in [0.5, 0.6) is 0 Å². The van der Waals surface area contributed by atoms with Crippen molar-refractivity contribution in [1.82, 2.24) is 15.0 Å². The molecule has 2 N–H and O–H groups in total. The number of aromatic nitrogens is 3. The van der Waals surface area contributed by atoms with E-state index in [0.29, 0.717) is 16.4 Å². The SMILES string of the molecule is O=C(O)C(=Cc1c[nH]c2ncccc12)c1csc(-c2ccc(Cl)cc2)n1. The van der Waals surface area contributed by atoms with Crippen LogP contribution in [0.1, 0.15) is 11.3 Å². The number of nitrogens with zero attached hydrogens (tertiary/aromatic N) is 2. The minimum atomic E-state index is -1.03. The molecule has 0 fully saturated rings. The molecular weight excluding hydrogens is 370 g/mol. The highest BCUT2D eigenvalue weighted by atomic mass is 35.5. The third kappa shape index (κ3) is 3.12. The molecule has 0 aliphatic rings. The van der Waals surface area contributed by atoms with Gasteiger partial charge in [0.05, 0.1) is 11.3 Å². The van der Waals surface area contributed by atoms with Crippen LogP contribution in [0.15, 0.2) is 54.2 Å². The van der Waals surface area contributed by atoms with E-state index >= 15 is 0 Å². The Morgan fingerprint density at radius 2 is 2.04 bits per heavy atom. The summed E-state index contributed by atoms with van der Waals surface area (Å²) in [6.07, 6.45) is 5.04. The fourth-order valence-corrected chi connectivity index (χ4v) is 3.57.